The van der Waals surface area contributed by atoms with E-state index in [1.54, 1.807) is 18.2 Å². The molecule has 2 aromatic rings. The quantitative estimate of drug-likeness (QED) is 0.606. The van der Waals surface area contributed by atoms with Gasteiger partial charge in [-0.3, -0.25) is 9.59 Å². The van der Waals surface area contributed by atoms with Crippen molar-refractivity contribution in [3.05, 3.63) is 58.6 Å². The Bertz CT molecular complexity index is 914. The standard InChI is InChI=1S/C23H26ClNO4/c1-3-4-7-13-29-20-12-6-5-9-17(20)15-25-21-18(10-8-11-19(21)24)23(28,22(25)27)14-16(2)26/h5-6,8-12,28H,3-4,7,13-15H2,1-2H3. The van der Waals surface area contributed by atoms with E-state index in [4.69, 9.17) is 16.3 Å². The van der Waals surface area contributed by atoms with Crippen molar-refractivity contribution >= 4 is 29.0 Å². The minimum absolute atomic E-state index is 0.194. The Morgan fingerprint density at radius 3 is 2.66 bits per heavy atom. The first-order valence-corrected chi connectivity index (χ1v) is 10.3. The van der Waals surface area contributed by atoms with E-state index >= 15 is 0 Å². The fourth-order valence-electron chi connectivity index (χ4n) is 3.73. The van der Waals surface area contributed by atoms with Crippen LogP contribution in [0.3, 0.4) is 0 Å². The van der Waals surface area contributed by atoms with Crippen LogP contribution in [0.2, 0.25) is 5.02 Å². The Kier molecular flexibility index (Phi) is 6.60. The molecule has 0 fully saturated rings. The van der Waals surface area contributed by atoms with Crippen molar-refractivity contribution in [3.8, 4) is 5.75 Å². The number of hydrogen-bond donors (Lipinski definition) is 1. The van der Waals surface area contributed by atoms with Gasteiger partial charge in [0.1, 0.15) is 11.5 Å². The maximum Gasteiger partial charge on any atom is 0.264 e. The van der Waals surface area contributed by atoms with Crippen LogP contribution in [0.25, 0.3) is 0 Å². The molecule has 1 heterocycles. The lowest BCUT2D eigenvalue weighted by atomic mass is 9.90. The molecule has 0 saturated heterocycles. The SMILES string of the molecule is CCCCCOc1ccccc1CN1C(=O)C(O)(CC(C)=O)c2cccc(Cl)c21. The number of amides is 1. The molecule has 0 bridgehead atoms. The Balaban J connectivity index is 1.93. The largest absolute Gasteiger partial charge is 0.493 e. The zero-order chi connectivity index (χ0) is 21.0. The Morgan fingerprint density at radius 1 is 1.17 bits per heavy atom. The van der Waals surface area contributed by atoms with Crippen LogP contribution in [-0.4, -0.2) is 23.4 Å². The predicted octanol–water partition coefficient (Wildman–Crippen LogP) is 4.62. The molecule has 1 N–H and O–H groups in total. The van der Waals surface area contributed by atoms with Crippen LogP contribution >= 0.6 is 11.6 Å². The van der Waals surface area contributed by atoms with Crippen molar-refractivity contribution in [1.29, 1.82) is 0 Å². The number of ether oxygens (including phenoxy) is 1. The van der Waals surface area contributed by atoms with Gasteiger partial charge in [-0.15, -0.1) is 0 Å². The number of rotatable bonds is 9. The summed E-state index contributed by atoms with van der Waals surface area (Å²) in [4.78, 5) is 26.4. The molecule has 0 aromatic heterocycles. The first-order valence-electron chi connectivity index (χ1n) is 9.92. The summed E-state index contributed by atoms with van der Waals surface area (Å²) in [6.07, 6.45) is 2.87. The molecular weight excluding hydrogens is 390 g/mol. The second-order valence-electron chi connectivity index (χ2n) is 7.43. The molecule has 3 rings (SSSR count). The minimum Gasteiger partial charge on any atom is -0.493 e. The highest BCUT2D eigenvalue weighted by Gasteiger charge is 2.51. The van der Waals surface area contributed by atoms with E-state index in [-0.39, 0.29) is 18.7 Å². The van der Waals surface area contributed by atoms with E-state index in [9.17, 15) is 14.7 Å². The zero-order valence-electron chi connectivity index (χ0n) is 16.8. The van der Waals surface area contributed by atoms with Crippen LogP contribution in [0.5, 0.6) is 5.75 Å². The summed E-state index contributed by atoms with van der Waals surface area (Å²) < 4.78 is 5.93. The number of carbonyl (C=O) groups is 2. The van der Waals surface area contributed by atoms with E-state index in [2.05, 4.69) is 6.92 Å². The van der Waals surface area contributed by atoms with Crippen LogP contribution in [0.15, 0.2) is 42.5 Å². The average Bonchev–Trinajstić information content (AvgIpc) is 2.89. The molecule has 0 saturated carbocycles. The van der Waals surface area contributed by atoms with Gasteiger partial charge in [-0.25, -0.2) is 0 Å². The number of nitrogens with zero attached hydrogens (tertiary/aromatic N) is 1. The Labute approximate surface area is 176 Å². The normalized spacial score (nSPS) is 18.1. The van der Waals surface area contributed by atoms with Gasteiger partial charge in [-0.1, -0.05) is 61.7 Å². The highest BCUT2D eigenvalue weighted by Crippen LogP contribution is 2.47. The van der Waals surface area contributed by atoms with Crippen LogP contribution in [0.1, 0.15) is 50.7 Å². The number of carbonyl (C=O) groups excluding carboxylic acids is 2. The van der Waals surface area contributed by atoms with E-state index in [1.807, 2.05) is 24.3 Å². The monoisotopic (exact) mass is 415 g/mol. The van der Waals surface area contributed by atoms with Crippen LogP contribution in [0, 0.1) is 0 Å². The highest BCUT2D eigenvalue weighted by molar-refractivity contribution is 6.35. The summed E-state index contributed by atoms with van der Waals surface area (Å²) in [7, 11) is 0. The van der Waals surface area contributed by atoms with Gasteiger partial charge in [0, 0.05) is 17.5 Å². The van der Waals surface area contributed by atoms with Gasteiger partial charge in [0.15, 0.2) is 5.60 Å². The van der Waals surface area contributed by atoms with Crippen molar-refractivity contribution in [1.82, 2.24) is 0 Å². The summed E-state index contributed by atoms with van der Waals surface area (Å²) >= 11 is 6.40. The molecule has 29 heavy (non-hydrogen) atoms. The summed E-state index contributed by atoms with van der Waals surface area (Å²) in [5.41, 5.74) is -0.270. The maximum atomic E-state index is 13.2. The van der Waals surface area contributed by atoms with Gasteiger partial charge in [-0.05, 0) is 25.5 Å². The van der Waals surface area contributed by atoms with Crippen molar-refractivity contribution in [3.63, 3.8) is 0 Å². The molecule has 0 radical (unpaired) electrons. The maximum absolute atomic E-state index is 13.2. The van der Waals surface area contributed by atoms with Gasteiger partial charge in [-0.2, -0.15) is 0 Å². The number of aliphatic hydroxyl groups is 1. The number of para-hydroxylation sites is 2. The van der Waals surface area contributed by atoms with Crippen molar-refractivity contribution in [2.45, 2.75) is 51.7 Å². The number of Topliss-reactive ketones (excluding diaryl/α,β-unsaturated/α-hetero) is 1. The third-order valence-electron chi connectivity index (χ3n) is 5.11. The van der Waals surface area contributed by atoms with Gasteiger partial charge < -0.3 is 14.7 Å². The van der Waals surface area contributed by atoms with E-state index < -0.39 is 11.5 Å². The lowest BCUT2D eigenvalue weighted by Gasteiger charge is -2.23. The molecule has 0 spiro atoms. The average molecular weight is 416 g/mol. The lowest BCUT2D eigenvalue weighted by molar-refractivity contribution is -0.141. The second-order valence-corrected chi connectivity index (χ2v) is 7.84. The van der Waals surface area contributed by atoms with E-state index in [0.29, 0.717) is 28.6 Å². The fourth-order valence-corrected chi connectivity index (χ4v) is 4.00. The number of ketones is 1. The van der Waals surface area contributed by atoms with E-state index in [1.165, 1.54) is 11.8 Å². The van der Waals surface area contributed by atoms with Crippen LogP contribution < -0.4 is 9.64 Å². The third-order valence-corrected chi connectivity index (χ3v) is 5.42. The van der Waals surface area contributed by atoms with Gasteiger partial charge in [0.05, 0.1) is 23.9 Å². The molecule has 1 atom stereocenters. The number of fused-ring (bicyclic) bond motifs is 1. The van der Waals surface area contributed by atoms with Gasteiger partial charge >= 0.3 is 0 Å². The third kappa shape index (κ3) is 4.31. The highest BCUT2D eigenvalue weighted by atomic mass is 35.5. The smallest absolute Gasteiger partial charge is 0.264 e. The Morgan fingerprint density at radius 2 is 1.93 bits per heavy atom. The molecule has 2 aromatic carbocycles. The molecule has 1 amide bonds. The van der Waals surface area contributed by atoms with E-state index in [0.717, 1.165) is 24.8 Å². The molecule has 154 valence electrons. The fraction of sp³-hybridized carbons (Fsp3) is 0.391. The summed E-state index contributed by atoms with van der Waals surface area (Å²) in [6, 6.07) is 12.5. The molecule has 5 nitrogen and oxygen atoms in total. The molecule has 1 unspecified atom stereocenters. The van der Waals surface area contributed by atoms with Gasteiger partial charge in [0.2, 0.25) is 0 Å². The van der Waals surface area contributed by atoms with Crippen molar-refractivity contribution in [2.75, 3.05) is 11.5 Å². The number of halogens is 1. The predicted molar refractivity (Wildman–Crippen MR) is 113 cm³/mol. The topological polar surface area (TPSA) is 66.8 Å². The molecule has 1 aliphatic heterocycles. The van der Waals surface area contributed by atoms with Crippen LogP contribution in [-0.2, 0) is 21.7 Å². The summed E-state index contributed by atoms with van der Waals surface area (Å²) in [5, 5.41) is 11.5. The first kappa shape index (κ1) is 21.3. The summed E-state index contributed by atoms with van der Waals surface area (Å²) in [6.45, 7) is 4.29. The van der Waals surface area contributed by atoms with Crippen LogP contribution in [0.4, 0.5) is 5.69 Å². The number of unbranched alkanes of at least 4 members (excludes halogenated alkanes) is 2. The lowest BCUT2D eigenvalue weighted by Crippen LogP contribution is -2.41. The molecular formula is C23H26ClNO4. The van der Waals surface area contributed by atoms with Crippen molar-refractivity contribution in [2.24, 2.45) is 0 Å². The van der Waals surface area contributed by atoms with Gasteiger partial charge in [0.25, 0.3) is 5.91 Å². The van der Waals surface area contributed by atoms with Crippen molar-refractivity contribution < 1.29 is 19.4 Å². The first-order chi connectivity index (χ1) is 13.9. The molecule has 1 aliphatic rings. The summed E-state index contributed by atoms with van der Waals surface area (Å²) in [5.74, 6) is -0.114. The number of hydrogen-bond acceptors (Lipinski definition) is 4. The minimum atomic E-state index is -1.90. The molecule has 0 aliphatic carbocycles. The second kappa shape index (κ2) is 8.97. The molecule has 6 heteroatoms. The Hall–Kier alpha value is -2.37. The number of benzene rings is 2. The number of anilines is 1. The zero-order valence-corrected chi connectivity index (χ0v) is 17.5.